The van der Waals surface area contributed by atoms with Crippen molar-refractivity contribution < 1.29 is 4.39 Å². The average Bonchev–Trinajstić information content (AvgIpc) is 2.68. The molecule has 0 amide bonds. The van der Waals surface area contributed by atoms with Crippen molar-refractivity contribution >= 4 is 38.8 Å². The Bertz CT molecular complexity index is 464. The predicted molar refractivity (Wildman–Crippen MR) is 76.0 cm³/mol. The van der Waals surface area contributed by atoms with Gasteiger partial charge < -0.3 is 10.6 Å². The Hall–Kier alpha value is -0.680. The maximum Gasteiger partial charge on any atom is 0.161 e. The topological polar surface area (TPSA) is 29.3 Å². The number of halogens is 2. The van der Waals surface area contributed by atoms with E-state index in [4.69, 9.17) is 18.0 Å². The molecule has 1 fully saturated rings. The molecule has 1 atom stereocenters. The number of nitrogens with two attached hydrogens (primary N) is 1. The third kappa shape index (κ3) is 2.31. The van der Waals surface area contributed by atoms with Crippen LogP contribution in [0.1, 0.15) is 25.3 Å². The van der Waals surface area contributed by atoms with Gasteiger partial charge in [0.1, 0.15) is 4.99 Å². The SMILES string of the molecule is CC1CCCN1c1ccc(C(N)=S)c(Br)c1F. The molecule has 0 saturated carbocycles. The molecule has 0 aromatic heterocycles. The Kier molecular flexibility index (Phi) is 3.68. The summed E-state index contributed by atoms with van der Waals surface area (Å²) in [5.74, 6) is -0.274. The van der Waals surface area contributed by atoms with Gasteiger partial charge in [-0.1, -0.05) is 12.2 Å². The standard InChI is InChI=1S/C12H14BrFN2S/c1-7-3-2-6-16(7)9-5-4-8(12(15)17)10(13)11(9)14/h4-5,7H,2-3,6H2,1H3,(H2,15,17). The zero-order valence-electron chi connectivity index (χ0n) is 9.54. The minimum Gasteiger partial charge on any atom is -0.389 e. The van der Waals surface area contributed by atoms with E-state index in [0.717, 1.165) is 19.4 Å². The lowest BCUT2D eigenvalue weighted by Gasteiger charge is -2.25. The van der Waals surface area contributed by atoms with Crippen molar-refractivity contribution in [1.82, 2.24) is 0 Å². The summed E-state index contributed by atoms with van der Waals surface area (Å²) >= 11 is 8.11. The lowest BCUT2D eigenvalue weighted by Crippen LogP contribution is -2.27. The predicted octanol–water partition coefficient (Wildman–Crippen LogP) is 3.21. The third-order valence-electron chi connectivity index (χ3n) is 3.19. The van der Waals surface area contributed by atoms with Crippen molar-refractivity contribution in [1.29, 1.82) is 0 Å². The summed E-state index contributed by atoms with van der Waals surface area (Å²) in [6.07, 6.45) is 2.21. The third-order valence-corrected chi connectivity index (χ3v) is 4.18. The molecule has 17 heavy (non-hydrogen) atoms. The van der Waals surface area contributed by atoms with E-state index < -0.39 is 0 Å². The van der Waals surface area contributed by atoms with E-state index in [9.17, 15) is 4.39 Å². The second-order valence-electron chi connectivity index (χ2n) is 4.31. The van der Waals surface area contributed by atoms with Crippen LogP contribution in [0.5, 0.6) is 0 Å². The summed E-state index contributed by atoms with van der Waals surface area (Å²) in [7, 11) is 0. The molecular formula is C12H14BrFN2S. The van der Waals surface area contributed by atoms with Crippen molar-refractivity contribution in [2.75, 3.05) is 11.4 Å². The van der Waals surface area contributed by atoms with Crippen molar-refractivity contribution in [3.8, 4) is 0 Å². The highest BCUT2D eigenvalue weighted by Gasteiger charge is 2.24. The summed E-state index contributed by atoms with van der Waals surface area (Å²) in [4.78, 5) is 2.29. The van der Waals surface area contributed by atoms with E-state index >= 15 is 0 Å². The fourth-order valence-electron chi connectivity index (χ4n) is 2.24. The molecule has 1 aliphatic rings. The van der Waals surface area contributed by atoms with Crippen molar-refractivity contribution in [3.63, 3.8) is 0 Å². The van der Waals surface area contributed by atoms with Crippen LogP contribution in [0.3, 0.4) is 0 Å². The van der Waals surface area contributed by atoms with Crippen molar-refractivity contribution in [3.05, 3.63) is 28.0 Å². The Morgan fingerprint density at radius 2 is 2.29 bits per heavy atom. The molecule has 1 aliphatic heterocycles. The van der Waals surface area contributed by atoms with Crippen molar-refractivity contribution in [2.45, 2.75) is 25.8 Å². The summed E-state index contributed by atoms with van der Waals surface area (Å²) in [6.45, 7) is 3.01. The quantitative estimate of drug-likeness (QED) is 0.849. The number of anilines is 1. The number of hydrogen-bond donors (Lipinski definition) is 1. The zero-order valence-corrected chi connectivity index (χ0v) is 11.9. The zero-order chi connectivity index (χ0) is 12.6. The maximum atomic E-state index is 14.2. The van der Waals surface area contributed by atoms with Gasteiger partial charge in [-0.25, -0.2) is 4.39 Å². The molecule has 0 aliphatic carbocycles. The molecule has 0 radical (unpaired) electrons. The number of nitrogens with zero attached hydrogens (tertiary/aromatic N) is 1. The highest BCUT2D eigenvalue weighted by Crippen LogP contribution is 2.33. The summed E-state index contributed by atoms with van der Waals surface area (Å²) in [5, 5.41) is 0. The number of rotatable bonds is 2. The smallest absolute Gasteiger partial charge is 0.161 e. The van der Waals surface area contributed by atoms with Crippen LogP contribution in [0.2, 0.25) is 0 Å². The number of thiocarbonyl (C=S) groups is 1. The minimum atomic E-state index is -0.274. The highest BCUT2D eigenvalue weighted by atomic mass is 79.9. The molecule has 0 bridgehead atoms. The van der Waals surface area contributed by atoms with Gasteiger partial charge in [0.2, 0.25) is 0 Å². The van der Waals surface area contributed by atoms with Gasteiger partial charge in [0.15, 0.2) is 5.82 Å². The summed E-state index contributed by atoms with van der Waals surface area (Å²) in [6, 6.07) is 3.92. The Morgan fingerprint density at radius 3 is 2.82 bits per heavy atom. The molecule has 2 nitrogen and oxygen atoms in total. The van der Waals surface area contributed by atoms with Gasteiger partial charge in [-0.3, -0.25) is 0 Å². The molecule has 1 unspecified atom stereocenters. The number of benzene rings is 1. The van der Waals surface area contributed by atoms with Crippen LogP contribution in [0, 0.1) is 5.82 Å². The van der Waals surface area contributed by atoms with Gasteiger partial charge in [0.25, 0.3) is 0 Å². The molecule has 1 aromatic carbocycles. The van der Waals surface area contributed by atoms with Crippen LogP contribution in [0.4, 0.5) is 10.1 Å². The first-order chi connectivity index (χ1) is 8.02. The summed E-state index contributed by atoms with van der Waals surface area (Å²) in [5.41, 5.74) is 6.71. The second-order valence-corrected chi connectivity index (χ2v) is 5.54. The largest absolute Gasteiger partial charge is 0.389 e. The first-order valence-corrected chi connectivity index (χ1v) is 6.77. The lowest BCUT2D eigenvalue weighted by molar-refractivity contribution is 0.607. The maximum absolute atomic E-state index is 14.2. The first kappa shape index (κ1) is 12.8. The molecule has 2 rings (SSSR count). The van der Waals surface area contributed by atoms with Gasteiger partial charge in [-0.2, -0.15) is 0 Å². The van der Waals surface area contributed by atoms with Crippen LogP contribution < -0.4 is 10.6 Å². The molecule has 1 saturated heterocycles. The van der Waals surface area contributed by atoms with Crippen LogP contribution in [0.25, 0.3) is 0 Å². The van der Waals surface area contributed by atoms with Crippen LogP contribution >= 0.6 is 28.1 Å². The Labute approximate surface area is 114 Å². The number of hydrogen-bond acceptors (Lipinski definition) is 2. The lowest BCUT2D eigenvalue weighted by atomic mass is 10.1. The van der Waals surface area contributed by atoms with Gasteiger partial charge in [0, 0.05) is 18.2 Å². The fraction of sp³-hybridized carbons (Fsp3) is 0.417. The normalized spacial score (nSPS) is 19.7. The van der Waals surface area contributed by atoms with Gasteiger partial charge in [0.05, 0.1) is 10.2 Å². The van der Waals surface area contributed by atoms with E-state index in [1.165, 1.54) is 0 Å². The molecule has 2 N–H and O–H groups in total. The second kappa shape index (κ2) is 4.90. The molecule has 5 heteroatoms. The molecule has 1 heterocycles. The molecule has 0 spiro atoms. The first-order valence-electron chi connectivity index (χ1n) is 5.57. The average molecular weight is 317 g/mol. The Balaban J connectivity index is 2.43. The van der Waals surface area contributed by atoms with Crippen LogP contribution in [0.15, 0.2) is 16.6 Å². The van der Waals surface area contributed by atoms with Gasteiger partial charge >= 0.3 is 0 Å². The monoisotopic (exact) mass is 316 g/mol. The molecule has 92 valence electrons. The fourth-order valence-corrected chi connectivity index (χ4v) is 3.09. The van der Waals surface area contributed by atoms with E-state index in [-0.39, 0.29) is 10.8 Å². The van der Waals surface area contributed by atoms with Gasteiger partial charge in [-0.05, 0) is 47.8 Å². The van der Waals surface area contributed by atoms with Crippen LogP contribution in [-0.2, 0) is 0 Å². The van der Waals surface area contributed by atoms with E-state index in [1.54, 1.807) is 12.1 Å². The minimum absolute atomic E-state index is 0.205. The molecular weight excluding hydrogens is 303 g/mol. The van der Waals surface area contributed by atoms with Crippen LogP contribution in [-0.4, -0.2) is 17.6 Å². The molecule has 1 aromatic rings. The Morgan fingerprint density at radius 1 is 1.59 bits per heavy atom. The van der Waals surface area contributed by atoms with E-state index in [0.29, 0.717) is 21.8 Å². The summed E-state index contributed by atoms with van der Waals surface area (Å²) < 4.78 is 14.6. The van der Waals surface area contributed by atoms with E-state index in [1.807, 2.05) is 0 Å². The van der Waals surface area contributed by atoms with E-state index in [2.05, 4.69) is 27.8 Å². The van der Waals surface area contributed by atoms with Gasteiger partial charge in [-0.15, -0.1) is 0 Å². The highest BCUT2D eigenvalue weighted by molar-refractivity contribution is 9.10. The van der Waals surface area contributed by atoms with Crippen molar-refractivity contribution in [2.24, 2.45) is 5.73 Å².